The van der Waals surface area contributed by atoms with Crippen molar-refractivity contribution in [2.24, 2.45) is 14.1 Å². The Balaban J connectivity index is 2.21. The van der Waals surface area contributed by atoms with E-state index in [1.807, 2.05) is 30.4 Å². The van der Waals surface area contributed by atoms with Crippen molar-refractivity contribution >= 4 is 16.7 Å². The maximum atomic E-state index is 12.7. The Morgan fingerprint density at radius 3 is 2.78 bits per heavy atom. The van der Waals surface area contributed by atoms with Crippen LogP contribution in [0.3, 0.4) is 0 Å². The molecular formula is C18H16N2O3. The van der Waals surface area contributed by atoms with Crippen LogP contribution < -0.4 is 11.2 Å². The van der Waals surface area contributed by atoms with Gasteiger partial charge in [-0.05, 0) is 17.6 Å². The lowest BCUT2D eigenvalue weighted by atomic mass is 9.93. The molecule has 23 heavy (non-hydrogen) atoms. The van der Waals surface area contributed by atoms with Crippen LogP contribution in [-0.2, 0) is 20.5 Å². The summed E-state index contributed by atoms with van der Waals surface area (Å²) in [6.45, 7) is 0. The first-order chi connectivity index (χ1) is 11.5. The number of fused-ring (bicyclic) bond motifs is 6. The molecule has 1 atom stereocenters. The molecule has 116 valence electrons. The number of nitrogens with zero attached hydrogens (tertiary/aromatic N) is 2. The second-order valence-corrected chi connectivity index (χ2v) is 5.75. The fourth-order valence-electron chi connectivity index (χ4n) is 3.11. The molecule has 2 aromatic rings. The molecule has 5 heteroatoms. The highest BCUT2D eigenvalue weighted by atomic mass is 16.3. The average Bonchev–Trinajstić information content (AvgIpc) is 2.80. The maximum absolute atomic E-state index is 12.7. The molecule has 0 saturated heterocycles. The van der Waals surface area contributed by atoms with Crippen LogP contribution in [0.5, 0.6) is 0 Å². The van der Waals surface area contributed by atoms with Crippen LogP contribution in [0.2, 0.25) is 0 Å². The smallest absolute Gasteiger partial charge is 0.333 e. The third kappa shape index (κ3) is 1.93. The largest absolute Gasteiger partial charge is 0.443 e. The van der Waals surface area contributed by atoms with Crippen LogP contribution in [0.25, 0.3) is 16.7 Å². The molecule has 0 amide bonds. The minimum atomic E-state index is -0.739. The first-order valence-corrected chi connectivity index (χ1v) is 7.38. The number of hydrogen-bond acceptors (Lipinski definition) is 3. The Labute approximate surface area is 133 Å². The zero-order valence-electron chi connectivity index (χ0n) is 13.9. The van der Waals surface area contributed by atoms with Crippen molar-refractivity contribution in [3.63, 3.8) is 0 Å². The Morgan fingerprint density at radius 1 is 1.17 bits per heavy atom. The number of rotatable bonds is 0. The summed E-state index contributed by atoms with van der Waals surface area (Å²) < 4.78 is 16.6. The van der Waals surface area contributed by atoms with Gasteiger partial charge < -0.3 is 4.42 Å². The Bertz CT molecular complexity index is 1110. The van der Waals surface area contributed by atoms with Gasteiger partial charge >= 0.3 is 5.69 Å². The molecule has 5 nitrogen and oxygen atoms in total. The van der Waals surface area contributed by atoms with Crippen molar-refractivity contribution in [2.45, 2.75) is 12.8 Å². The molecule has 0 fully saturated rings. The van der Waals surface area contributed by atoms with Gasteiger partial charge in [0, 0.05) is 27.4 Å². The van der Waals surface area contributed by atoms with Crippen LogP contribution >= 0.6 is 0 Å². The van der Waals surface area contributed by atoms with Crippen molar-refractivity contribution in [2.75, 3.05) is 0 Å². The molecule has 0 N–H and O–H groups in total. The van der Waals surface area contributed by atoms with Crippen molar-refractivity contribution < 1.29 is 5.79 Å². The van der Waals surface area contributed by atoms with E-state index in [1.165, 1.54) is 11.6 Å². The van der Waals surface area contributed by atoms with Crippen LogP contribution in [0.4, 0.5) is 0 Å². The first-order valence-electron chi connectivity index (χ1n) is 7.96. The molecule has 2 aromatic heterocycles. The van der Waals surface area contributed by atoms with Crippen molar-refractivity contribution in [3.05, 3.63) is 74.2 Å². The predicted molar refractivity (Wildman–Crippen MR) is 89.4 cm³/mol. The van der Waals surface area contributed by atoms with E-state index in [0.717, 1.165) is 15.7 Å². The minimum Gasteiger partial charge on any atom is -0.443 e. The summed E-state index contributed by atoms with van der Waals surface area (Å²) in [5.74, 6) is 0.403. The zero-order chi connectivity index (χ0) is 17.0. The lowest BCUT2D eigenvalue weighted by Gasteiger charge is -2.10. The fourth-order valence-corrected chi connectivity index (χ4v) is 3.11. The number of aromatic nitrogens is 2. The normalized spacial score (nSPS) is 21.7. The third-order valence-corrected chi connectivity index (χ3v) is 4.31. The molecular weight excluding hydrogens is 292 g/mol. The summed E-state index contributed by atoms with van der Waals surface area (Å²) >= 11 is 0. The van der Waals surface area contributed by atoms with E-state index in [-0.39, 0.29) is 5.71 Å². The van der Waals surface area contributed by atoms with E-state index < -0.39 is 17.6 Å². The zero-order valence-corrected chi connectivity index (χ0v) is 12.9. The highest BCUT2D eigenvalue weighted by Crippen LogP contribution is 2.35. The summed E-state index contributed by atoms with van der Waals surface area (Å²) in [4.78, 5) is 24.9. The average molecular weight is 309 g/mol. The Hall–Kier alpha value is -2.82. The lowest BCUT2D eigenvalue weighted by molar-refractivity contribution is 0.526. The summed E-state index contributed by atoms with van der Waals surface area (Å²) in [6.07, 6.45) is 11.3. The molecule has 2 heterocycles. The Kier molecular flexibility index (Phi) is 2.67. The summed E-state index contributed by atoms with van der Waals surface area (Å²) in [6, 6.07) is 0. The topological polar surface area (TPSA) is 57.1 Å². The lowest BCUT2D eigenvalue weighted by Crippen LogP contribution is -2.36. The number of furan rings is 1. The quantitative estimate of drug-likeness (QED) is 0.750. The van der Waals surface area contributed by atoms with Gasteiger partial charge in [0.05, 0.1) is 0 Å². The van der Waals surface area contributed by atoms with Crippen molar-refractivity contribution in [1.29, 1.82) is 0 Å². The molecule has 0 aromatic carbocycles. The van der Waals surface area contributed by atoms with Crippen LogP contribution in [0.1, 0.15) is 19.1 Å². The molecule has 0 aliphatic heterocycles. The van der Waals surface area contributed by atoms with Crippen molar-refractivity contribution in [3.8, 4) is 0 Å². The molecule has 2 aliphatic carbocycles. The molecule has 2 bridgehead atoms. The monoisotopic (exact) mass is 309 g/mol. The molecule has 0 radical (unpaired) electrons. The molecule has 1 unspecified atom stereocenters. The van der Waals surface area contributed by atoms with Crippen LogP contribution in [0.15, 0.2) is 56.0 Å². The van der Waals surface area contributed by atoms with Crippen LogP contribution in [0, 0.1) is 0 Å². The summed E-state index contributed by atoms with van der Waals surface area (Å²) in [5, 5.41) is 0.364. The van der Waals surface area contributed by atoms with E-state index in [0.29, 0.717) is 23.1 Å². The molecule has 2 aliphatic rings. The first kappa shape index (κ1) is 12.7. The minimum absolute atomic E-state index is 0.223. The maximum Gasteiger partial charge on any atom is 0.333 e. The summed E-state index contributed by atoms with van der Waals surface area (Å²) in [7, 11) is 3.03. The van der Waals surface area contributed by atoms with E-state index in [1.54, 1.807) is 13.1 Å². The second-order valence-electron chi connectivity index (χ2n) is 5.75. The molecule has 0 spiro atoms. The van der Waals surface area contributed by atoms with Crippen molar-refractivity contribution in [1.82, 2.24) is 9.13 Å². The predicted octanol–water partition coefficient (Wildman–Crippen LogP) is 2.21. The van der Waals surface area contributed by atoms with Gasteiger partial charge in [-0.15, -0.1) is 0 Å². The fraction of sp³-hybridized carbons (Fsp3) is 0.222. The highest BCUT2D eigenvalue weighted by molar-refractivity contribution is 5.92. The summed E-state index contributed by atoms with van der Waals surface area (Å²) in [5.41, 5.74) is 2.01. The Morgan fingerprint density at radius 2 is 1.96 bits per heavy atom. The standard InChI is InChI=1S/C18H16N2O3/c1-19-16(21)15-14-12-8-4-3-6-11(10-12)7-5-9-13(14)23-17(15)20(2)18(19)22/h3-8H,9-10H2,1-2H3/b7-5-/i9D. The van der Waals surface area contributed by atoms with Gasteiger partial charge in [-0.3, -0.25) is 13.9 Å². The van der Waals surface area contributed by atoms with Gasteiger partial charge in [0.25, 0.3) is 5.56 Å². The van der Waals surface area contributed by atoms with Gasteiger partial charge in [0.15, 0.2) is 0 Å². The van der Waals surface area contributed by atoms with Gasteiger partial charge in [-0.1, -0.05) is 36.5 Å². The van der Waals surface area contributed by atoms with E-state index in [9.17, 15) is 9.59 Å². The third-order valence-electron chi connectivity index (χ3n) is 4.31. The van der Waals surface area contributed by atoms with Gasteiger partial charge in [0.2, 0.25) is 5.71 Å². The molecule has 4 rings (SSSR count). The van der Waals surface area contributed by atoms with Gasteiger partial charge in [-0.25, -0.2) is 4.79 Å². The number of allylic oxidation sites excluding steroid dienone is 8. The van der Waals surface area contributed by atoms with E-state index >= 15 is 0 Å². The van der Waals surface area contributed by atoms with Crippen LogP contribution in [-0.4, -0.2) is 9.13 Å². The van der Waals surface area contributed by atoms with E-state index in [2.05, 4.69) is 0 Å². The van der Waals surface area contributed by atoms with E-state index in [4.69, 9.17) is 5.79 Å². The second kappa shape index (κ2) is 4.84. The van der Waals surface area contributed by atoms with Gasteiger partial charge in [0.1, 0.15) is 11.1 Å². The number of aryl methyl sites for hydroxylation is 1. The van der Waals surface area contributed by atoms with Gasteiger partial charge in [-0.2, -0.15) is 0 Å². The molecule has 0 saturated carbocycles. The number of hydrogen-bond donors (Lipinski definition) is 0. The SMILES string of the molecule is [2H]C1/C=C\C2=CC=CC=C(C2)c2c1oc1c2c(=O)n(C)c(=O)n1C. The highest BCUT2D eigenvalue weighted by Gasteiger charge is 2.24.